The van der Waals surface area contributed by atoms with E-state index in [1.165, 1.54) is 22.2 Å². The summed E-state index contributed by atoms with van der Waals surface area (Å²) in [6.07, 6.45) is 1.03. The smallest absolute Gasteiger partial charge is 0.119 e. The Labute approximate surface area is 132 Å². The van der Waals surface area contributed by atoms with Crippen LogP contribution in [0.4, 0.5) is 0 Å². The summed E-state index contributed by atoms with van der Waals surface area (Å²) < 4.78 is 5.41. The molecule has 0 spiro atoms. The Hall–Kier alpha value is -1.65. The number of hydrogen-bond acceptors (Lipinski definition) is 4. The van der Waals surface area contributed by atoms with Crippen LogP contribution in [0.2, 0.25) is 0 Å². The minimum absolute atomic E-state index is 0.464. The van der Waals surface area contributed by atoms with Crippen LogP contribution < -0.4 is 10.1 Å². The number of ether oxygens (including phenoxy) is 1. The highest BCUT2D eigenvalue weighted by Gasteiger charge is 2.20. The Morgan fingerprint density at radius 1 is 1.36 bits per heavy atom. The van der Waals surface area contributed by atoms with Crippen LogP contribution in [0.5, 0.6) is 5.75 Å². The zero-order valence-electron chi connectivity index (χ0n) is 13.9. The summed E-state index contributed by atoms with van der Waals surface area (Å²) in [4.78, 5) is 7.27. The van der Waals surface area contributed by atoms with Crippen LogP contribution >= 0.6 is 0 Å². The lowest BCUT2D eigenvalue weighted by atomic mass is 9.95. The van der Waals surface area contributed by atoms with Crippen molar-refractivity contribution < 1.29 is 4.74 Å². The first-order chi connectivity index (χ1) is 10.6. The molecule has 0 radical (unpaired) electrons. The summed E-state index contributed by atoms with van der Waals surface area (Å²) in [5.74, 6) is 0.893. The second-order valence-electron chi connectivity index (χ2n) is 6.42. The van der Waals surface area contributed by atoms with E-state index in [0.29, 0.717) is 6.04 Å². The van der Waals surface area contributed by atoms with Crippen molar-refractivity contribution in [3.8, 4) is 5.75 Å². The Morgan fingerprint density at radius 3 is 2.91 bits per heavy atom. The monoisotopic (exact) mass is 299 g/mol. The summed E-state index contributed by atoms with van der Waals surface area (Å²) in [6, 6.07) is 6.65. The molecule has 2 heterocycles. The van der Waals surface area contributed by atoms with Gasteiger partial charge in [-0.1, -0.05) is 13.8 Å². The van der Waals surface area contributed by atoms with E-state index in [9.17, 15) is 0 Å². The van der Waals surface area contributed by atoms with Crippen molar-refractivity contribution in [3.63, 3.8) is 0 Å². The summed E-state index contributed by atoms with van der Waals surface area (Å²) in [6.45, 7) is 7.30. The Kier molecular flexibility index (Phi) is 4.32. The van der Waals surface area contributed by atoms with Gasteiger partial charge in [-0.2, -0.15) is 0 Å². The molecule has 22 heavy (non-hydrogen) atoms. The van der Waals surface area contributed by atoms with E-state index in [-0.39, 0.29) is 0 Å². The van der Waals surface area contributed by atoms with E-state index >= 15 is 0 Å². The SMILES string of the molecule is COc1ccc2nc3c(c(CNC(C)C)c2c1)CN(C)CC3. The highest BCUT2D eigenvalue weighted by molar-refractivity contribution is 5.85. The van der Waals surface area contributed by atoms with Gasteiger partial charge in [0.15, 0.2) is 0 Å². The third kappa shape index (κ3) is 2.94. The molecule has 1 aromatic carbocycles. The molecule has 0 unspecified atom stereocenters. The molecule has 0 aliphatic carbocycles. The second-order valence-corrected chi connectivity index (χ2v) is 6.42. The van der Waals surface area contributed by atoms with Crippen LogP contribution in [0.15, 0.2) is 18.2 Å². The Morgan fingerprint density at radius 2 is 2.18 bits per heavy atom. The third-order valence-electron chi connectivity index (χ3n) is 4.34. The van der Waals surface area contributed by atoms with Crippen LogP contribution in [-0.2, 0) is 19.5 Å². The van der Waals surface area contributed by atoms with E-state index in [4.69, 9.17) is 9.72 Å². The van der Waals surface area contributed by atoms with Gasteiger partial charge in [0, 0.05) is 43.2 Å². The molecule has 118 valence electrons. The molecule has 0 fully saturated rings. The van der Waals surface area contributed by atoms with Gasteiger partial charge in [-0.15, -0.1) is 0 Å². The summed E-state index contributed by atoms with van der Waals surface area (Å²) in [7, 11) is 3.89. The number of methoxy groups -OCH3 is 1. The highest BCUT2D eigenvalue weighted by Crippen LogP contribution is 2.30. The summed E-state index contributed by atoms with van der Waals surface area (Å²) in [5.41, 5.74) is 5.10. The van der Waals surface area contributed by atoms with Crippen molar-refractivity contribution in [3.05, 3.63) is 35.0 Å². The van der Waals surface area contributed by atoms with Crippen molar-refractivity contribution >= 4 is 10.9 Å². The molecule has 0 saturated carbocycles. The second kappa shape index (κ2) is 6.23. The molecular formula is C18H25N3O. The van der Waals surface area contributed by atoms with E-state index in [0.717, 1.165) is 37.3 Å². The molecule has 4 heteroatoms. The predicted molar refractivity (Wildman–Crippen MR) is 90.3 cm³/mol. The number of nitrogens with zero attached hydrogens (tertiary/aromatic N) is 2. The maximum Gasteiger partial charge on any atom is 0.119 e. The van der Waals surface area contributed by atoms with Crippen molar-refractivity contribution in [1.82, 2.24) is 15.2 Å². The molecule has 1 aliphatic rings. The lowest BCUT2D eigenvalue weighted by molar-refractivity contribution is 0.308. The van der Waals surface area contributed by atoms with Gasteiger partial charge in [0.1, 0.15) is 5.75 Å². The molecule has 4 nitrogen and oxygen atoms in total. The topological polar surface area (TPSA) is 37.4 Å². The first-order valence-electron chi connectivity index (χ1n) is 7.98. The number of hydrogen-bond donors (Lipinski definition) is 1. The Balaban J connectivity index is 2.16. The average Bonchev–Trinajstić information content (AvgIpc) is 2.51. The maximum absolute atomic E-state index is 5.41. The van der Waals surface area contributed by atoms with E-state index in [1.54, 1.807) is 7.11 Å². The van der Waals surface area contributed by atoms with Gasteiger partial charge in [-0.05, 0) is 36.4 Å². The number of pyridine rings is 1. The highest BCUT2D eigenvalue weighted by atomic mass is 16.5. The van der Waals surface area contributed by atoms with Crippen molar-refractivity contribution in [2.75, 3.05) is 20.7 Å². The quantitative estimate of drug-likeness (QED) is 0.942. The molecule has 0 saturated heterocycles. The minimum Gasteiger partial charge on any atom is -0.497 e. The summed E-state index contributed by atoms with van der Waals surface area (Å²) >= 11 is 0. The van der Waals surface area contributed by atoms with Crippen LogP contribution in [-0.4, -0.2) is 36.6 Å². The first kappa shape index (κ1) is 15.3. The van der Waals surface area contributed by atoms with Gasteiger partial charge in [-0.25, -0.2) is 0 Å². The lowest BCUT2D eigenvalue weighted by Crippen LogP contribution is -2.30. The van der Waals surface area contributed by atoms with Crippen LogP contribution in [0.3, 0.4) is 0 Å². The fourth-order valence-corrected chi connectivity index (χ4v) is 3.08. The first-order valence-corrected chi connectivity index (χ1v) is 7.98. The maximum atomic E-state index is 5.41. The number of likely N-dealkylation sites (N-methyl/N-ethyl adjacent to an activating group) is 1. The number of rotatable bonds is 4. The number of benzene rings is 1. The number of nitrogens with one attached hydrogen (secondary N) is 1. The fraction of sp³-hybridized carbons (Fsp3) is 0.500. The van der Waals surface area contributed by atoms with Gasteiger partial charge >= 0.3 is 0 Å². The molecule has 1 aromatic heterocycles. The van der Waals surface area contributed by atoms with Crippen LogP contribution in [0.1, 0.15) is 30.7 Å². The van der Waals surface area contributed by atoms with E-state index < -0.39 is 0 Å². The molecule has 2 aromatic rings. The van der Waals surface area contributed by atoms with E-state index in [2.05, 4.69) is 43.2 Å². The Bertz CT molecular complexity index is 682. The zero-order valence-corrected chi connectivity index (χ0v) is 13.9. The largest absolute Gasteiger partial charge is 0.497 e. The normalized spacial score (nSPS) is 15.3. The summed E-state index contributed by atoms with van der Waals surface area (Å²) in [5, 5.41) is 4.78. The zero-order chi connectivity index (χ0) is 15.7. The van der Waals surface area contributed by atoms with Crippen LogP contribution in [0.25, 0.3) is 10.9 Å². The lowest BCUT2D eigenvalue weighted by Gasteiger charge is -2.28. The molecule has 0 bridgehead atoms. The fourth-order valence-electron chi connectivity index (χ4n) is 3.08. The minimum atomic E-state index is 0.464. The number of fused-ring (bicyclic) bond motifs is 2. The van der Waals surface area contributed by atoms with Gasteiger partial charge in [0.05, 0.1) is 12.6 Å². The average molecular weight is 299 g/mol. The molecule has 0 amide bonds. The van der Waals surface area contributed by atoms with Gasteiger partial charge < -0.3 is 15.0 Å². The number of aromatic nitrogens is 1. The van der Waals surface area contributed by atoms with Gasteiger partial charge in [-0.3, -0.25) is 4.98 Å². The molecular weight excluding hydrogens is 274 g/mol. The molecule has 1 aliphatic heterocycles. The molecule has 3 rings (SSSR count). The van der Waals surface area contributed by atoms with Crippen molar-refractivity contribution in [2.45, 2.75) is 39.4 Å². The van der Waals surface area contributed by atoms with Gasteiger partial charge in [0.2, 0.25) is 0 Å². The van der Waals surface area contributed by atoms with Crippen molar-refractivity contribution in [2.24, 2.45) is 0 Å². The molecule has 1 N–H and O–H groups in total. The van der Waals surface area contributed by atoms with E-state index in [1.807, 2.05) is 6.07 Å². The third-order valence-corrected chi connectivity index (χ3v) is 4.34. The predicted octanol–water partition coefficient (Wildman–Crippen LogP) is 2.73. The molecule has 0 atom stereocenters. The van der Waals surface area contributed by atoms with Crippen molar-refractivity contribution in [1.29, 1.82) is 0 Å². The van der Waals surface area contributed by atoms with Gasteiger partial charge in [0.25, 0.3) is 0 Å². The standard InChI is InChI=1S/C18H25N3O/c1-12(2)19-10-15-14-9-13(22-4)5-6-17(14)20-18-7-8-21(3)11-16(15)18/h5-6,9,12,19H,7-8,10-11H2,1-4H3. The van der Waals surface area contributed by atoms with Crippen LogP contribution in [0, 0.1) is 0 Å².